The molecule has 0 saturated heterocycles. The summed E-state index contributed by atoms with van der Waals surface area (Å²) >= 11 is 0. The topological polar surface area (TPSA) is 210 Å². The van der Waals surface area contributed by atoms with Crippen LogP contribution >= 0.6 is 7.82 Å². The number of aliphatic hydroxyl groups excluding tert-OH is 5. The number of carbonyl (C=O) groups excluding carboxylic acids is 2. The number of phosphoric acid groups is 1. The Morgan fingerprint density at radius 3 is 1.33 bits per heavy atom. The second-order valence-electron chi connectivity index (χ2n) is 17.6. The van der Waals surface area contributed by atoms with E-state index in [1.165, 1.54) is 64.2 Å². The van der Waals surface area contributed by atoms with E-state index in [9.17, 15) is 44.6 Å². The number of esters is 2. The lowest BCUT2D eigenvalue weighted by molar-refractivity contribution is -0.220. The van der Waals surface area contributed by atoms with Crippen LogP contribution in [0.4, 0.5) is 0 Å². The first-order valence-corrected chi connectivity index (χ1v) is 27.1. The number of hydrogen-bond donors (Lipinski definition) is 6. The molecule has 0 amide bonds. The highest BCUT2D eigenvalue weighted by Crippen LogP contribution is 2.47. The fourth-order valence-corrected chi connectivity index (χ4v) is 8.48. The zero-order valence-electron chi connectivity index (χ0n) is 40.7. The molecule has 6 unspecified atom stereocenters. The minimum absolute atomic E-state index is 0.0776. The van der Waals surface area contributed by atoms with Crippen LogP contribution in [0, 0.1) is 0 Å². The molecular weight excluding hydrogens is 864 g/mol. The summed E-state index contributed by atoms with van der Waals surface area (Å²) in [6, 6.07) is 0. The van der Waals surface area contributed by atoms with Gasteiger partial charge in [-0.3, -0.25) is 18.6 Å². The molecule has 1 aliphatic rings. The molecule has 6 atom stereocenters. The molecular formula is C52H91O13P. The molecule has 0 aromatic carbocycles. The Morgan fingerprint density at radius 1 is 0.485 bits per heavy atom. The highest BCUT2D eigenvalue weighted by Gasteiger charge is 2.51. The Morgan fingerprint density at radius 2 is 0.864 bits per heavy atom. The van der Waals surface area contributed by atoms with Gasteiger partial charge in [0.2, 0.25) is 0 Å². The first kappa shape index (κ1) is 61.6. The van der Waals surface area contributed by atoms with Gasteiger partial charge in [0, 0.05) is 12.8 Å². The van der Waals surface area contributed by atoms with E-state index in [0.717, 1.165) is 96.3 Å². The first-order valence-electron chi connectivity index (χ1n) is 25.6. The molecule has 0 aromatic heterocycles. The summed E-state index contributed by atoms with van der Waals surface area (Å²) < 4.78 is 33.6. The molecule has 0 spiro atoms. The Hall–Kier alpha value is -2.45. The van der Waals surface area contributed by atoms with Crippen molar-refractivity contribution in [2.75, 3.05) is 13.2 Å². The van der Waals surface area contributed by atoms with E-state index in [-0.39, 0.29) is 12.8 Å². The molecule has 1 rings (SSSR count). The third-order valence-corrected chi connectivity index (χ3v) is 12.6. The van der Waals surface area contributed by atoms with Gasteiger partial charge in [0.05, 0.1) is 6.61 Å². The summed E-state index contributed by atoms with van der Waals surface area (Å²) in [5.41, 5.74) is 0. The standard InChI is InChI=1S/C52H91O13P/c1-3-5-7-9-11-13-15-17-19-21-23-25-27-29-31-33-35-37-39-41-46(54)64-44(43-63-66(60,61)65-52-50(58)48(56)47(55)49(57)51(52)59)42-62-45(53)40-38-36-34-32-30-28-26-24-22-20-18-16-14-12-10-8-6-4-2/h5,7,11,13,17,19-20,22-23,25,44,47-52,55-59H,3-4,6,8-10,12,14-16,18,21,24,26-43H2,1-2H3,(H,60,61)/b7-5-,13-11-,19-17-,22-20-,25-23-. The second-order valence-corrected chi connectivity index (χ2v) is 19.0. The average Bonchev–Trinajstić information content (AvgIpc) is 3.30. The summed E-state index contributed by atoms with van der Waals surface area (Å²) in [7, 11) is -5.13. The number of carbonyl (C=O) groups is 2. The van der Waals surface area contributed by atoms with Crippen LogP contribution in [0.15, 0.2) is 60.8 Å². The number of aliphatic hydroxyl groups is 5. The fourth-order valence-electron chi connectivity index (χ4n) is 7.51. The largest absolute Gasteiger partial charge is 0.472 e. The Bertz CT molecular complexity index is 1380. The maximum Gasteiger partial charge on any atom is 0.472 e. The zero-order valence-corrected chi connectivity index (χ0v) is 41.6. The lowest BCUT2D eigenvalue weighted by Crippen LogP contribution is -2.64. The lowest BCUT2D eigenvalue weighted by atomic mass is 9.85. The summed E-state index contributed by atoms with van der Waals surface area (Å²) in [6.07, 6.45) is 38.3. The molecule has 0 heterocycles. The van der Waals surface area contributed by atoms with Crippen molar-refractivity contribution in [3.8, 4) is 0 Å². The van der Waals surface area contributed by atoms with Gasteiger partial charge in [0.1, 0.15) is 43.2 Å². The van der Waals surface area contributed by atoms with Crippen LogP contribution < -0.4 is 0 Å². The molecule has 382 valence electrons. The van der Waals surface area contributed by atoms with Gasteiger partial charge >= 0.3 is 19.8 Å². The normalized spacial score (nSPS) is 21.8. The van der Waals surface area contributed by atoms with Crippen molar-refractivity contribution < 1.29 is 63.1 Å². The van der Waals surface area contributed by atoms with Crippen molar-refractivity contribution in [1.29, 1.82) is 0 Å². The fraction of sp³-hybridized carbons (Fsp3) is 0.769. The minimum Gasteiger partial charge on any atom is -0.462 e. The van der Waals surface area contributed by atoms with Gasteiger partial charge in [-0.1, -0.05) is 171 Å². The number of allylic oxidation sites excluding steroid dienone is 10. The Labute approximate surface area is 398 Å². The summed E-state index contributed by atoms with van der Waals surface area (Å²) in [5, 5.41) is 50.3. The molecule has 0 bridgehead atoms. The molecule has 1 saturated carbocycles. The Kier molecular flexibility index (Phi) is 38.7. The van der Waals surface area contributed by atoms with E-state index in [0.29, 0.717) is 12.8 Å². The summed E-state index contributed by atoms with van der Waals surface area (Å²) in [6.45, 7) is 3.19. The van der Waals surface area contributed by atoms with Crippen LogP contribution in [0.3, 0.4) is 0 Å². The van der Waals surface area contributed by atoms with Crippen LogP contribution in [0.2, 0.25) is 0 Å². The maximum absolute atomic E-state index is 12.9. The molecule has 14 heteroatoms. The molecule has 1 fully saturated rings. The zero-order chi connectivity index (χ0) is 48.5. The van der Waals surface area contributed by atoms with Crippen LogP contribution in [0.1, 0.15) is 200 Å². The molecule has 13 nitrogen and oxygen atoms in total. The van der Waals surface area contributed by atoms with E-state index in [1.54, 1.807) is 0 Å². The van der Waals surface area contributed by atoms with Crippen molar-refractivity contribution in [2.45, 2.75) is 243 Å². The van der Waals surface area contributed by atoms with Gasteiger partial charge in [-0.2, -0.15) is 0 Å². The minimum atomic E-state index is -5.13. The van der Waals surface area contributed by atoms with Crippen molar-refractivity contribution in [2.24, 2.45) is 0 Å². The monoisotopic (exact) mass is 955 g/mol. The number of rotatable bonds is 42. The van der Waals surface area contributed by atoms with Crippen LogP contribution in [0.5, 0.6) is 0 Å². The van der Waals surface area contributed by atoms with E-state index >= 15 is 0 Å². The predicted octanol–water partition coefficient (Wildman–Crippen LogP) is 10.9. The molecule has 6 N–H and O–H groups in total. The van der Waals surface area contributed by atoms with E-state index in [2.05, 4.69) is 74.6 Å². The first-order chi connectivity index (χ1) is 31.9. The van der Waals surface area contributed by atoms with E-state index in [4.69, 9.17) is 18.5 Å². The van der Waals surface area contributed by atoms with E-state index < -0.39 is 75.7 Å². The number of unbranched alkanes of at least 4 members (excludes halogenated alkanes) is 20. The average molecular weight is 955 g/mol. The molecule has 0 aliphatic heterocycles. The molecule has 1 aliphatic carbocycles. The third kappa shape index (κ3) is 33.1. The molecule has 66 heavy (non-hydrogen) atoms. The smallest absolute Gasteiger partial charge is 0.462 e. The van der Waals surface area contributed by atoms with Gasteiger partial charge in [-0.25, -0.2) is 4.57 Å². The second kappa shape index (κ2) is 41.5. The highest BCUT2D eigenvalue weighted by atomic mass is 31.2. The Balaban J connectivity index is 2.42. The van der Waals surface area contributed by atoms with E-state index in [1.807, 2.05) is 0 Å². The maximum atomic E-state index is 12.9. The van der Waals surface area contributed by atoms with Gasteiger partial charge in [-0.15, -0.1) is 0 Å². The summed E-state index contributed by atoms with van der Waals surface area (Å²) in [5.74, 6) is -1.12. The SMILES string of the molecule is CC/C=C\C/C=C\C/C=C\C/C=C\CCCCCCCCC(=O)OC(COC(=O)CCCCCCCCC/C=C\CCCCCCCCC)COP(=O)(O)OC1C(O)C(O)C(O)C(O)C1O. The van der Waals surface area contributed by atoms with Crippen molar-refractivity contribution >= 4 is 19.8 Å². The van der Waals surface area contributed by atoms with Crippen molar-refractivity contribution in [3.05, 3.63) is 60.8 Å². The highest BCUT2D eigenvalue weighted by molar-refractivity contribution is 7.47. The van der Waals surface area contributed by atoms with Crippen LogP contribution in [-0.2, 0) is 32.7 Å². The third-order valence-electron chi connectivity index (χ3n) is 11.6. The quantitative estimate of drug-likeness (QED) is 0.0146. The number of phosphoric ester groups is 1. The van der Waals surface area contributed by atoms with Crippen LogP contribution in [0.25, 0.3) is 0 Å². The predicted molar refractivity (Wildman–Crippen MR) is 262 cm³/mol. The van der Waals surface area contributed by atoms with Gasteiger partial charge < -0.3 is 39.9 Å². The number of hydrogen-bond acceptors (Lipinski definition) is 12. The number of ether oxygens (including phenoxy) is 2. The van der Waals surface area contributed by atoms with Crippen molar-refractivity contribution in [3.63, 3.8) is 0 Å². The van der Waals surface area contributed by atoms with Gasteiger partial charge in [-0.05, 0) is 77.0 Å². The van der Waals surface area contributed by atoms with Crippen molar-refractivity contribution in [1.82, 2.24) is 0 Å². The van der Waals surface area contributed by atoms with Gasteiger partial charge in [0.25, 0.3) is 0 Å². The molecule has 0 radical (unpaired) electrons. The molecule has 0 aromatic rings. The van der Waals surface area contributed by atoms with Crippen LogP contribution in [-0.4, -0.2) is 98.3 Å². The summed E-state index contributed by atoms with van der Waals surface area (Å²) in [4.78, 5) is 35.8. The van der Waals surface area contributed by atoms with Gasteiger partial charge in [0.15, 0.2) is 6.10 Å². The lowest BCUT2D eigenvalue weighted by Gasteiger charge is -2.41.